The average molecular weight is 414 g/mol. The van der Waals surface area contributed by atoms with Gasteiger partial charge < -0.3 is 20.3 Å². The number of ether oxygens (including phenoxy) is 1. The van der Waals surface area contributed by atoms with Crippen molar-refractivity contribution in [1.82, 2.24) is 4.90 Å². The van der Waals surface area contributed by atoms with Crippen LogP contribution in [0.4, 0.5) is 5.69 Å². The number of nitrogens with two attached hydrogens (primary N) is 1. The lowest BCUT2D eigenvalue weighted by Crippen LogP contribution is -2.51. The van der Waals surface area contributed by atoms with Gasteiger partial charge in [0.2, 0.25) is 11.8 Å². The van der Waals surface area contributed by atoms with Gasteiger partial charge in [0.05, 0.1) is 18.2 Å². The first-order chi connectivity index (χ1) is 13.9. The zero-order valence-electron chi connectivity index (χ0n) is 15.6. The summed E-state index contributed by atoms with van der Waals surface area (Å²) in [5.41, 5.74) is 6.82. The van der Waals surface area contributed by atoms with Crippen LogP contribution in [0.2, 0.25) is 5.02 Å². The van der Waals surface area contributed by atoms with E-state index in [1.54, 1.807) is 35.2 Å². The summed E-state index contributed by atoms with van der Waals surface area (Å²) in [5.74, 6) is -1.05. The van der Waals surface area contributed by atoms with E-state index in [0.29, 0.717) is 29.5 Å². The molecule has 2 aromatic rings. The average Bonchev–Trinajstić information content (AvgIpc) is 3.08. The molecular weight excluding hydrogens is 394 g/mol. The van der Waals surface area contributed by atoms with Crippen molar-refractivity contribution < 1.29 is 19.1 Å². The number of hydrogen-bond acceptors (Lipinski definition) is 4. The Kier molecular flexibility index (Phi) is 5.15. The lowest BCUT2D eigenvalue weighted by molar-refractivity contribution is -0.129. The van der Waals surface area contributed by atoms with Crippen LogP contribution < -0.4 is 15.4 Å². The minimum atomic E-state index is -0.926. The minimum absolute atomic E-state index is 0.0282. The van der Waals surface area contributed by atoms with Gasteiger partial charge in [-0.15, -0.1) is 0 Å². The minimum Gasteiger partial charge on any atom is -0.477 e. The second-order valence-electron chi connectivity index (χ2n) is 7.19. The Morgan fingerprint density at radius 2 is 1.83 bits per heavy atom. The van der Waals surface area contributed by atoms with Crippen LogP contribution in [-0.2, 0) is 20.9 Å². The third kappa shape index (κ3) is 3.78. The molecule has 7 nitrogen and oxygen atoms in total. The Bertz CT molecular complexity index is 980. The van der Waals surface area contributed by atoms with Crippen molar-refractivity contribution >= 4 is 35.0 Å². The van der Waals surface area contributed by atoms with Gasteiger partial charge >= 0.3 is 0 Å². The summed E-state index contributed by atoms with van der Waals surface area (Å²) in [7, 11) is 0. The normalized spacial score (nSPS) is 20.9. The predicted molar refractivity (Wildman–Crippen MR) is 107 cm³/mol. The SMILES string of the molecule is NC(=O)[C@H]1CN(C(=O)[C@@H]2CC(=O)N(Cc3ccccc3Cl)C2)c2ccccc2O1. The number of benzene rings is 2. The van der Waals surface area contributed by atoms with E-state index >= 15 is 0 Å². The molecule has 0 aliphatic carbocycles. The topological polar surface area (TPSA) is 92.9 Å². The molecule has 29 heavy (non-hydrogen) atoms. The second kappa shape index (κ2) is 7.75. The lowest BCUT2D eigenvalue weighted by atomic mass is 10.0. The molecule has 8 heteroatoms. The number of rotatable bonds is 4. The van der Waals surface area contributed by atoms with E-state index in [-0.39, 0.29) is 24.8 Å². The van der Waals surface area contributed by atoms with E-state index in [1.165, 1.54) is 4.90 Å². The van der Waals surface area contributed by atoms with Crippen LogP contribution in [-0.4, -0.2) is 41.8 Å². The molecule has 2 N–H and O–H groups in total. The van der Waals surface area contributed by atoms with Crippen LogP contribution in [0.5, 0.6) is 5.75 Å². The number of nitrogens with zero attached hydrogens (tertiary/aromatic N) is 2. The summed E-state index contributed by atoms with van der Waals surface area (Å²) in [6.07, 6.45) is -0.811. The van der Waals surface area contributed by atoms with Gasteiger partial charge in [-0.2, -0.15) is 0 Å². The van der Waals surface area contributed by atoms with E-state index in [2.05, 4.69) is 0 Å². The smallest absolute Gasteiger partial charge is 0.260 e. The molecule has 0 spiro atoms. The zero-order valence-corrected chi connectivity index (χ0v) is 16.3. The maximum Gasteiger partial charge on any atom is 0.260 e. The highest BCUT2D eigenvalue weighted by atomic mass is 35.5. The maximum absolute atomic E-state index is 13.3. The van der Waals surface area contributed by atoms with Crippen LogP contribution >= 0.6 is 11.6 Å². The van der Waals surface area contributed by atoms with E-state index in [4.69, 9.17) is 22.1 Å². The summed E-state index contributed by atoms with van der Waals surface area (Å²) < 4.78 is 5.61. The monoisotopic (exact) mass is 413 g/mol. The van der Waals surface area contributed by atoms with Gasteiger partial charge in [-0.25, -0.2) is 0 Å². The van der Waals surface area contributed by atoms with Crippen LogP contribution in [0.1, 0.15) is 12.0 Å². The number of carbonyl (C=O) groups is 3. The van der Waals surface area contributed by atoms with Gasteiger partial charge in [0.1, 0.15) is 5.75 Å². The third-order valence-electron chi connectivity index (χ3n) is 5.24. The molecule has 1 saturated heterocycles. The number of hydrogen-bond donors (Lipinski definition) is 1. The van der Waals surface area contributed by atoms with Crippen molar-refractivity contribution in [1.29, 1.82) is 0 Å². The van der Waals surface area contributed by atoms with Crippen molar-refractivity contribution in [2.24, 2.45) is 11.7 Å². The Balaban J connectivity index is 1.53. The van der Waals surface area contributed by atoms with Crippen LogP contribution in [0.25, 0.3) is 0 Å². The zero-order chi connectivity index (χ0) is 20.5. The van der Waals surface area contributed by atoms with Crippen molar-refractivity contribution in [3.8, 4) is 5.75 Å². The summed E-state index contributed by atoms with van der Waals surface area (Å²) in [6, 6.07) is 14.3. The molecule has 1 fully saturated rings. The van der Waals surface area contributed by atoms with Crippen LogP contribution in [0.3, 0.4) is 0 Å². The van der Waals surface area contributed by atoms with Crippen LogP contribution in [0, 0.1) is 5.92 Å². The van der Waals surface area contributed by atoms with E-state index in [1.807, 2.05) is 18.2 Å². The first kappa shape index (κ1) is 19.3. The molecule has 0 radical (unpaired) electrons. The number of likely N-dealkylation sites (tertiary alicyclic amines) is 1. The van der Waals surface area contributed by atoms with Crippen molar-refractivity contribution in [2.75, 3.05) is 18.0 Å². The van der Waals surface area contributed by atoms with Gasteiger partial charge in [0, 0.05) is 24.5 Å². The highest BCUT2D eigenvalue weighted by molar-refractivity contribution is 6.31. The highest BCUT2D eigenvalue weighted by Crippen LogP contribution is 2.35. The number of para-hydroxylation sites is 2. The maximum atomic E-state index is 13.3. The van der Waals surface area contributed by atoms with Crippen molar-refractivity contribution in [2.45, 2.75) is 19.1 Å². The van der Waals surface area contributed by atoms with Crippen molar-refractivity contribution in [3.63, 3.8) is 0 Å². The van der Waals surface area contributed by atoms with E-state index in [0.717, 1.165) is 5.56 Å². The largest absolute Gasteiger partial charge is 0.477 e. The molecule has 2 aromatic carbocycles. The molecule has 0 unspecified atom stereocenters. The molecule has 3 amide bonds. The fraction of sp³-hybridized carbons (Fsp3) is 0.286. The fourth-order valence-corrected chi connectivity index (χ4v) is 3.93. The molecular formula is C21H20ClN3O4. The predicted octanol–water partition coefficient (Wildman–Crippen LogP) is 1.97. The van der Waals surface area contributed by atoms with Crippen LogP contribution in [0.15, 0.2) is 48.5 Å². The Labute approximate surface area is 173 Å². The number of amides is 3. The van der Waals surface area contributed by atoms with Gasteiger partial charge in [-0.1, -0.05) is 41.9 Å². The molecule has 0 bridgehead atoms. The summed E-state index contributed by atoms with van der Waals surface area (Å²) >= 11 is 6.20. The van der Waals surface area contributed by atoms with Gasteiger partial charge in [-0.3, -0.25) is 14.4 Å². The summed E-state index contributed by atoms with van der Waals surface area (Å²) in [5, 5.41) is 0.585. The summed E-state index contributed by atoms with van der Waals surface area (Å²) in [4.78, 5) is 40.6. The molecule has 150 valence electrons. The molecule has 2 aliphatic rings. The summed E-state index contributed by atoms with van der Waals surface area (Å²) in [6.45, 7) is 0.677. The Hall–Kier alpha value is -3.06. The molecule has 0 saturated carbocycles. The van der Waals surface area contributed by atoms with Gasteiger partial charge in [0.15, 0.2) is 6.10 Å². The first-order valence-electron chi connectivity index (χ1n) is 9.31. The number of carbonyl (C=O) groups excluding carboxylic acids is 3. The molecule has 4 rings (SSSR count). The molecule has 2 heterocycles. The van der Waals surface area contributed by atoms with Gasteiger partial charge in [-0.05, 0) is 23.8 Å². The quantitative estimate of drug-likeness (QED) is 0.829. The fourth-order valence-electron chi connectivity index (χ4n) is 3.73. The Morgan fingerprint density at radius 1 is 1.10 bits per heavy atom. The Morgan fingerprint density at radius 3 is 2.59 bits per heavy atom. The number of halogens is 1. The van der Waals surface area contributed by atoms with E-state index < -0.39 is 17.9 Å². The standard InChI is InChI=1S/C21H20ClN3O4/c22-15-6-2-1-5-13(15)10-24-11-14(9-19(24)26)21(28)25-12-18(20(23)27)29-17-8-4-3-7-16(17)25/h1-8,14,18H,9-12H2,(H2,23,27)/t14-,18-/m1/s1. The number of fused-ring (bicyclic) bond motifs is 1. The molecule has 0 aromatic heterocycles. The molecule has 2 aliphatic heterocycles. The number of anilines is 1. The van der Waals surface area contributed by atoms with Gasteiger partial charge in [0.25, 0.3) is 5.91 Å². The number of primary amides is 1. The second-order valence-corrected chi connectivity index (χ2v) is 7.60. The first-order valence-corrected chi connectivity index (χ1v) is 9.69. The third-order valence-corrected chi connectivity index (χ3v) is 5.61. The molecule has 2 atom stereocenters. The lowest BCUT2D eigenvalue weighted by Gasteiger charge is -2.34. The van der Waals surface area contributed by atoms with Crippen molar-refractivity contribution in [3.05, 3.63) is 59.1 Å². The highest BCUT2D eigenvalue weighted by Gasteiger charge is 2.40. The van der Waals surface area contributed by atoms with E-state index in [9.17, 15) is 14.4 Å².